The second-order valence-corrected chi connectivity index (χ2v) is 3.64. The van der Waals surface area contributed by atoms with Crippen LogP contribution in [0.1, 0.15) is 12.5 Å². The van der Waals surface area contributed by atoms with E-state index in [2.05, 4.69) is 24.3 Å². The topological polar surface area (TPSA) is 20.2 Å². The van der Waals surface area contributed by atoms with Gasteiger partial charge in [0.05, 0.1) is 0 Å². The van der Waals surface area contributed by atoms with Crippen LogP contribution < -0.4 is 0 Å². The zero-order valence-electron chi connectivity index (χ0n) is 8.77. The molecule has 2 aromatic carbocycles. The average Bonchev–Trinajstić information content (AvgIpc) is 2.26. The largest absolute Gasteiger partial charge is 0.508 e. The summed E-state index contributed by atoms with van der Waals surface area (Å²) < 4.78 is 0. The maximum absolute atomic E-state index is 9.33. The molecule has 2 aromatic rings. The van der Waals surface area contributed by atoms with E-state index >= 15 is 0 Å². The summed E-state index contributed by atoms with van der Waals surface area (Å²) in [5.41, 5.74) is 1.30. The summed E-state index contributed by atoms with van der Waals surface area (Å²) in [7, 11) is 0. The Hall–Kier alpha value is -1.76. The van der Waals surface area contributed by atoms with E-state index in [9.17, 15) is 5.11 Å². The van der Waals surface area contributed by atoms with Gasteiger partial charge in [-0.1, -0.05) is 36.4 Å². The lowest BCUT2D eigenvalue weighted by Crippen LogP contribution is -1.81. The lowest BCUT2D eigenvalue weighted by atomic mass is 10.0. The number of benzene rings is 2. The van der Waals surface area contributed by atoms with E-state index in [4.69, 9.17) is 0 Å². The van der Waals surface area contributed by atoms with E-state index in [1.165, 1.54) is 10.9 Å². The number of hydrogen-bond acceptors (Lipinski definition) is 1. The van der Waals surface area contributed by atoms with Gasteiger partial charge in [-0.3, -0.25) is 0 Å². The van der Waals surface area contributed by atoms with E-state index < -0.39 is 0 Å². The Bertz CT molecular complexity index is 498. The molecule has 0 bridgehead atoms. The van der Waals surface area contributed by atoms with Gasteiger partial charge >= 0.3 is 0 Å². The first-order chi connectivity index (χ1) is 7.29. The van der Waals surface area contributed by atoms with Crippen molar-refractivity contribution < 1.29 is 5.11 Å². The van der Waals surface area contributed by atoms with Crippen molar-refractivity contribution in [2.75, 3.05) is 0 Å². The van der Waals surface area contributed by atoms with Crippen LogP contribution >= 0.6 is 0 Å². The molecular formula is C14H14O. The summed E-state index contributed by atoms with van der Waals surface area (Å²) in [5, 5.41) is 11.6. The maximum Gasteiger partial charge on any atom is 0.116 e. The van der Waals surface area contributed by atoms with E-state index in [-0.39, 0.29) is 0 Å². The summed E-state index contributed by atoms with van der Waals surface area (Å²) in [6, 6.07) is 11.8. The maximum atomic E-state index is 9.33. The standard InChI is InChI=1S/C14H14O/c1-2-3-4-11-5-6-13-10-14(15)8-7-12(13)9-11/h2-3,5-10,15H,4H2,1H3. The smallest absolute Gasteiger partial charge is 0.116 e. The number of phenolic OH excluding ortho intramolecular Hbond substituents is 1. The van der Waals surface area contributed by atoms with Gasteiger partial charge in [-0.05, 0) is 41.8 Å². The van der Waals surface area contributed by atoms with Gasteiger partial charge in [0.15, 0.2) is 0 Å². The lowest BCUT2D eigenvalue weighted by Gasteiger charge is -2.01. The fraction of sp³-hybridized carbons (Fsp3) is 0.143. The molecule has 0 heterocycles. The molecule has 0 saturated carbocycles. The molecule has 0 spiro atoms. The van der Waals surface area contributed by atoms with Gasteiger partial charge in [0, 0.05) is 0 Å². The van der Waals surface area contributed by atoms with Crippen molar-refractivity contribution in [3.05, 3.63) is 54.1 Å². The second kappa shape index (κ2) is 4.18. The first-order valence-electron chi connectivity index (χ1n) is 5.12. The van der Waals surface area contributed by atoms with Crippen LogP contribution in [0.25, 0.3) is 10.8 Å². The Morgan fingerprint density at radius 1 is 1.07 bits per heavy atom. The minimum atomic E-state index is 0.323. The lowest BCUT2D eigenvalue weighted by molar-refractivity contribution is 0.476. The van der Waals surface area contributed by atoms with Crippen molar-refractivity contribution in [1.29, 1.82) is 0 Å². The normalized spacial score (nSPS) is 11.3. The summed E-state index contributed by atoms with van der Waals surface area (Å²) in [6.45, 7) is 2.03. The quantitative estimate of drug-likeness (QED) is 0.730. The Morgan fingerprint density at radius 2 is 1.80 bits per heavy atom. The first kappa shape index (κ1) is 9.78. The van der Waals surface area contributed by atoms with Crippen molar-refractivity contribution in [2.24, 2.45) is 0 Å². The Labute approximate surface area is 89.7 Å². The summed E-state index contributed by atoms with van der Waals surface area (Å²) in [4.78, 5) is 0. The monoisotopic (exact) mass is 198 g/mol. The van der Waals surface area contributed by atoms with Gasteiger partial charge in [-0.15, -0.1) is 0 Å². The molecular weight excluding hydrogens is 184 g/mol. The molecule has 0 unspecified atom stereocenters. The van der Waals surface area contributed by atoms with Gasteiger partial charge < -0.3 is 5.11 Å². The average molecular weight is 198 g/mol. The third kappa shape index (κ3) is 2.18. The molecule has 0 aliphatic rings. The van der Waals surface area contributed by atoms with Crippen LogP contribution in [-0.4, -0.2) is 5.11 Å². The molecule has 0 fully saturated rings. The molecule has 0 atom stereocenters. The minimum Gasteiger partial charge on any atom is -0.508 e. The minimum absolute atomic E-state index is 0.323. The Morgan fingerprint density at radius 3 is 2.60 bits per heavy atom. The van der Waals surface area contributed by atoms with Crippen LogP contribution in [0.3, 0.4) is 0 Å². The van der Waals surface area contributed by atoms with Crippen LogP contribution in [0.4, 0.5) is 0 Å². The first-order valence-corrected chi connectivity index (χ1v) is 5.12. The highest BCUT2D eigenvalue weighted by Gasteiger charge is 1.96. The van der Waals surface area contributed by atoms with Gasteiger partial charge in [-0.25, -0.2) is 0 Å². The van der Waals surface area contributed by atoms with Crippen molar-refractivity contribution in [2.45, 2.75) is 13.3 Å². The van der Waals surface area contributed by atoms with Crippen LogP contribution in [0, 0.1) is 0 Å². The SMILES string of the molecule is CC=CCc1ccc2cc(O)ccc2c1. The molecule has 0 amide bonds. The zero-order chi connectivity index (χ0) is 10.7. The molecule has 0 aliphatic heterocycles. The molecule has 1 nitrogen and oxygen atoms in total. The Kier molecular flexibility index (Phi) is 2.72. The van der Waals surface area contributed by atoms with Crippen molar-refractivity contribution in [3.8, 4) is 5.75 Å². The molecule has 0 saturated heterocycles. The second-order valence-electron chi connectivity index (χ2n) is 3.64. The summed E-state index contributed by atoms with van der Waals surface area (Å²) >= 11 is 0. The van der Waals surface area contributed by atoms with Crippen LogP contribution in [-0.2, 0) is 6.42 Å². The number of rotatable bonds is 2. The predicted molar refractivity (Wildman–Crippen MR) is 64.1 cm³/mol. The van der Waals surface area contributed by atoms with E-state index in [0.717, 1.165) is 11.8 Å². The number of fused-ring (bicyclic) bond motifs is 1. The molecule has 0 aliphatic carbocycles. The summed E-state index contributed by atoms with van der Waals surface area (Å²) in [5.74, 6) is 0.323. The van der Waals surface area contributed by atoms with Crippen LogP contribution in [0.15, 0.2) is 48.6 Å². The van der Waals surface area contributed by atoms with Crippen molar-refractivity contribution in [3.63, 3.8) is 0 Å². The Balaban J connectivity index is 2.43. The molecule has 0 radical (unpaired) electrons. The number of aromatic hydroxyl groups is 1. The fourth-order valence-electron chi connectivity index (χ4n) is 1.66. The van der Waals surface area contributed by atoms with Crippen molar-refractivity contribution >= 4 is 10.8 Å². The predicted octanol–water partition coefficient (Wildman–Crippen LogP) is 3.66. The fourth-order valence-corrected chi connectivity index (χ4v) is 1.66. The van der Waals surface area contributed by atoms with E-state index in [0.29, 0.717) is 5.75 Å². The molecule has 1 N–H and O–H groups in total. The van der Waals surface area contributed by atoms with Gasteiger partial charge in [0.25, 0.3) is 0 Å². The van der Waals surface area contributed by atoms with E-state index in [1.807, 2.05) is 19.1 Å². The third-order valence-electron chi connectivity index (χ3n) is 2.48. The molecule has 1 heteroatoms. The number of hydrogen-bond donors (Lipinski definition) is 1. The molecule has 2 rings (SSSR count). The van der Waals surface area contributed by atoms with Gasteiger partial charge in [0.1, 0.15) is 5.75 Å². The van der Waals surface area contributed by atoms with Gasteiger partial charge in [0.2, 0.25) is 0 Å². The third-order valence-corrected chi connectivity index (χ3v) is 2.48. The molecule has 0 aromatic heterocycles. The zero-order valence-corrected chi connectivity index (χ0v) is 8.77. The van der Waals surface area contributed by atoms with E-state index in [1.54, 1.807) is 12.1 Å². The summed E-state index contributed by atoms with van der Waals surface area (Å²) in [6.07, 6.45) is 5.16. The highest BCUT2D eigenvalue weighted by atomic mass is 16.3. The molecule has 15 heavy (non-hydrogen) atoms. The molecule has 76 valence electrons. The highest BCUT2D eigenvalue weighted by molar-refractivity contribution is 5.84. The van der Waals surface area contributed by atoms with Gasteiger partial charge in [-0.2, -0.15) is 0 Å². The number of allylic oxidation sites excluding steroid dienone is 2. The van der Waals surface area contributed by atoms with Crippen LogP contribution in [0.5, 0.6) is 5.75 Å². The van der Waals surface area contributed by atoms with Crippen LogP contribution in [0.2, 0.25) is 0 Å². The van der Waals surface area contributed by atoms with Crippen molar-refractivity contribution in [1.82, 2.24) is 0 Å². The highest BCUT2D eigenvalue weighted by Crippen LogP contribution is 2.21. The number of phenols is 1.